The van der Waals surface area contributed by atoms with Gasteiger partial charge in [0.25, 0.3) is 23.6 Å². The fraction of sp³-hybridized carbons (Fsp3) is 0.227. The Hall–Kier alpha value is -15.7. The molecular weight excluding hydrogens is 1770 g/mol. The van der Waals surface area contributed by atoms with Crippen LogP contribution in [0.1, 0.15) is 293 Å². The summed E-state index contributed by atoms with van der Waals surface area (Å²) in [4.78, 5) is 68.1. The highest BCUT2D eigenvalue weighted by atomic mass is 16.5. The second-order valence-corrected chi connectivity index (χ2v) is 46.4. The molecule has 25 rings (SSSR count). The van der Waals surface area contributed by atoms with Crippen LogP contribution in [-0.2, 0) is 21.7 Å². The maximum absolute atomic E-state index is 16.3. The number of imide groups is 2. The molecule has 0 bridgehead atoms. The number of hydrogen-bond acceptors (Lipinski definition) is 10. The zero-order valence-electron chi connectivity index (χ0n) is 85.2. The van der Waals surface area contributed by atoms with Crippen LogP contribution < -0.4 is 40.2 Å². The molecule has 4 N–H and O–H groups in total. The Morgan fingerprint density at radius 3 is 0.819 bits per heavy atom. The first-order chi connectivity index (χ1) is 68.7. The van der Waals surface area contributed by atoms with Crippen LogP contribution in [0.15, 0.2) is 243 Å². The van der Waals surface area contributed by atoms with Crippen molar-refractivity contribution in [2.45, 2.75) is 184 Å². The Morgan fingerprint density at radius 2 is 0.521 bits per heavy atom. The predicted molar refractivity (Wildman–Crippen MR) is 595 cm³/mol. The Morgan fingerprint density at radius 1 is 0.257 bits per heavy atom. The van der Waals surface area contributed by atoms with E-state index in [1.807, 2.05) is 97.1 Å². The topological polar surface area (TPSA) is 164 Å². The van der Waals surface area contributed by atoms with E-state index in [0.29, 0.717) is 107 Å². The number of benzene rings is 17. The second-order valence-electron chi connectivity index (χ2n) is 46.4. The van der Waals surface area contributed by atoms with Crippen LogP contribution in [0.5, 0.6) is 46.0 Å². The van der Waals surface area contributed by atoms with Gasteiger partial charge in [-0.2, -0.15) is 0 Å². The summed E-state index contributed by atoms with van der Waals surface area (Å²) in [5.74, 6) is 1.95. The monoisotopic (exact) mass is 1880 g/mol. The van der Waals surface area contributed by atoms with Gasteiger partial charge in [0.1, 0.15) is 46.0 Å². The van der Waals surface area contributed by atoms with Gasteiger partial charge in [0, 0.05) is 66.7 Å². The van der Waals surface area contributed by atoms with E-state index in [1.165, 1.54) is 32.1 Å². The molecule has 17 aromatic carbocycles. The van der Waals surface area contributed by atoms with E-state index in [1.54, 1.807) is 0 Å². The standard InChI is InChI=1S/C132H114N4O8/c1-65(2)95-57-81(133)58-96(66(3)4)123(95)135-125(137)103-61-107(141-83-33-25-77(26-34-83)129(9,10)11)117-91-45-41-87-99-53-73-49-69-21-23-71-51-75-55-101-89-43-47-93-114-94(48-44-90(112(89)114)102(101)56-76(75)52-72(71)24-22-70(69)50-74(73)54-100(99)88-42-46-92(113(91)111(87)88)118-108(62-104(126(135)138)115(103)121(117)118)142-84-35-27-78(28-36-84)130(12,13)14)120-110(144-86-39-31-80(32-40-86)132(18,19)20)64-106-116-105(63-109(119(93)122(116)120)143-85-37-29-79(30-38-85)131(15,16)17)127(139)136(128(106)140)124-97(67(5)6)59-82(134)60-98(124)68(7)8/h21-68,111,113H,133-134H2,1-20H3. The Bertz CT molecular complexity index is 8430. The second kappa shape index (κ2) is 31.4. The van der Waals surface area contributed by atoms with Crippen LogP contribution in [0.2, 0.25) is 0 Å². The van der Waals surface area contributed by atoms with Gasteiger partial charge in [-0.15, -0.1) is 0 Å². The molecule has 0 radical (unpaired) electrons. The van der Waals surface area contributed by atoms with Crippen molar-refractivity contribution >= 4 is 168 Å². The van der Waals surface area contributed by atoms with Crippen LogP contribution in [0.3, 0.4) is 0 Å². The molecule has 0 aromatic heterocycles. The number of nitrogen functional groups attached to an aromatic ring is 2. The third kappa shape index (κ3) is 13.6. The molecule has 2 heterocycles. The molecule has 710 valence electrons. The Labute approximate surface area is 840 Å². The first-order valence-corrected chi connectivity index (χ1v) is 50.9. The molecule has 0 atom stereocenters. The van der Waals surface area contributed by atoms with Gasteiger partial charge >= 0.3 is 0 Å². The summed E-state index contributed by atoms with van der Waals surface area (Å²) >= 11 is 0. The molecule has 8 aliphatic rings. The van der Waals surface area contributed by atoms with Crippen molar-refractivity contribution < 1.29 is 38.1 Å². The third-order valence-electron chi connectivity index (χ3n) is 31.8. The highest BCUT2D eigenvalue weighted by molar-refractivity contribution is 6.46. The normalized spacial score (nSPS) is 15.9. The average Bonchev–Trinajstić information content (AvgIpc) is 1.45. The SMILES string of the molecule is CC(C)c1cc(N)cc(C(C)C)c1N1C(=O)c2cc(Oc3ccc(C(C)(C)C)cc3)c3c4c(c(Oc5ccc(C(C)(C)C)cc5)cc(c24)C1=O)C1=CC=C2c4cc5cc6c(cc5cc4C4=CC=C3C1C42)C=Cc1cc2cc3c(cc2cc1C=C6)-c1ccc2c4c(Oc5ccc(C(C)(C)C)cc5)cc5c6c(cc(Oc7ccc(C(C)(C)C)cc7)c(c7ccc-3c1c72)c64)C(=O)N(c1c(C(C)C)cc(N)cc1C(C)C)C5=O. The number of ether oxygens (including phenoxy) is 4. The number of rotatable bonds is 14. The molecule has 144 heavy (non-hydrogen) atoms. The van der Waals surface area contributed by atoms with Crippen molar-refractivity contribution in [3.8, 4) is 68.2 Å². The Balaban J connectivity index is 0.618. The lowest BCUT2D eigenvalue weighted by molar-refractivity contribution is 0.0877. The van der Waals surface area contributed by atoms with Gasteiger partial charge in [-0.1, -0.05) is 260 Å². The molecule has 0 fully saturated rings. The summed E-state index contributed by atoms with van der Waals surface area (Å²) in [7, 11) is 0. The number of allylic oxidation sites excluding steroid dienone is 8. The Kier molecular flexibility index (Phi) is 19.6. The molecule has 0 saturated carbocycles. The summed E-state index contributed by atoms with van der Waals surface area (Å²) in [6.45, 7) is 43.0. The zero-order chi connectivity index (χ0) is 100. The lowest BCUT2D eigenvalue weighted by Gasteiger charge is -2.42. The van der Waals surface area contributed by atoms with E-state index in [4.69, 9.17) is 30.4 Å². The van der Waals surface area contributed by atoms with Crippen molar-refractivity contribution in [3.05, 3.63) is 354 Å². The first kappa shape index (κ1) is 89.7. The molecule has 6 aliphatic carbocycles. The van der Waals surface area contributed by atoms with Crippen LogP contribution in [-0.4, -0.2) is 23.6 Å². The molecule has 12 nitrogen and oxygen atoms in total. The lowest BCUT2D eigenvalue weighted by atomic mass is 9.62. The first-order valence-electron chi connectivity index (χ1n) is 50.9. The van der Waals surface area contributed by atoms with Gasteiger partial charge in [-0.05, 0) is 356 Å². The maximum atomic E-state index is 16.3. The number of fused-ring (bicyclic) bond motifs is 14. The van der Waals surface area contributed by atoms with E-state index in [0.717, 1.165) is 171 Å². The third-order valence-corrected chi connectivity index (χ3v) is 31.8. The number of carbonyl (C=O) groups excluding carboxylic acids is 4. The van der Waals surface area contributed by atoms with Crippen LogP contribution in [0.4, 0.5) is 22.7 Å². The van der Waals surface area contributed by atoms with Gasteiger partial charge in [0.05, 0.1) is 33.6 Å². The quantitative estimate of drug-likeness (QED) is 0.0463. The number of nitrogens with two attached hydrogens (primary N) is 2. The molecule has 12 heteroatoms. The summed E-state index contributed by atoms with van der Waals surface area (Å²) in [5, 5.41) is 12.6. The molecule has 17 aromatic rings. The van der Waals surface area contributed by atoms with E-state index < -0.39 is 23.6 Å². The van der Waals surface area contributed by atoms with E-state index >= 15 is 19.2 Å². The zero-order valence-corrected chi connectivity index (χ0v) is 85.2. The highest BCUT2D eigenvalue weighted by Gasteiger charge is 2.52. The fourth-order valence-electron chi connectivity index (χ4n) is 24.4. The predicted octanol–water partition coefficient (Wildman–Crippen LogP) is 34.6. The van der Waals surface area contributed by atoms with Crippen molar-refractivity contribution in [2.24, 2.45) is 11.8 Å². The minimum absolute atomic E-state index is 0.0914. The molecular formula is C132H114N4O8. The summed E-state index contributed by atoms with van der Waals surface area (Å²) in [6.07, 6.45) is 18.3. The van der Waals surface area contributed by atoms with Crippen LogP contribution >= 0.6 is 0 Å². The molecule has 0 spiro atoms. The number of nitrogens with zero attached hydrogens (tertiary/aromatic N) is 2. The van der Waals surface area contributed by atoms with Crippen molar-refractivity contribution in [1.29, 1.82) is 0 Å². The highest BCUT2D eigenvalue weighted by Crippen LogP contribution is 2.67. The smallest absolute Gasteiger partial charge is 0.266 e. The van der Waals surface area contributed by atoms with Gasteiger partial charge in [-0.25, -0.2) is 9.80 Å². The van der Waals surface area contributed by atoms with Crippen molar-refractivity contribution in [1.82, 2.24) is 0 Å². The van der Waals surface area contributed by atoms with Gasteiger partial charge < -0.3 is 30.4 Å². The van der Waals surface area contributed by atoms with Gasteiger partial charge in [-0.3, -0.25) is 19.2 Å². The number of anilines is 4. The minimum Gasteiger partial charge on any atom is -0.457 e. The van der Waals surface area contributed by atoms with Crippen molar-refractivity contribution in [3.63, 3.8) is 0 Å². The number of hydrogen-bond donors (Lipinski definition) is 2. The molecule has 0 saturated heterocycles. The van der Waals surface area contributed by atoms with Crippen molar-refractivity contribution in [2.75, 3.05) is 21.3 Å². The van der Waals surface area contributed by atoms with E-state index in [-0.39, 0.29) is 57.2 Å². The van der Waals surface area contributed by atoms with E-state index in [2.05, 4.69) is 308 Å². The fourth-order valence-corrected chi connectivity index (χ4v) is 24.4. The summed E-state index contributed by atoms with van der Waals surface area (Å²) in [5.41, 5.74) is 41.9. The van der Waals surface area contributed by atoms with Gasteiger partial charge in [0.2, 0.25) is 0 Å². The number of amides is 4. The average molecular weight is 1880 g/mol. The van der Waals surface area contributed by atoms with Gasteiger partial charge in [0.15, 0.2) is 0 Å². The minimum atomic E-state index is -0.443. The maximum Gasteiger partial charge on any atom is 0.266 e. The molecule has 0 unspecified atom stereocenters. The summed E-state index contributed by atoms with van der Waals surface area (Å²) < 4.78 is 29.5. The molecule has 4 amide bonds. The van der Waals surface area contributed by atoms with E-state index in [9.17, 15) is 0 Å². The number of carbonyl (C=O) groups is 4. The largest absolute Gasteiger partial charge is 0.457 e. The summed E-state index contributed by atoms with van der Waals surface area (Å²) in [6, 6.07) is 76.3. The molecule has 2 aliphatic heterocycles. The lowest BCUT2D eigenvalue weighted by Crippen LogP contribution is -2.42. The van der Waals surface area contributed by atoms with Crippen LogP contribution in [0, 0.1) is 11.8 Å². The van der Waals surface area contributed by atoms with Crippen LogP contribution in [0.25, 0.3) is 144 Å².